The van der Waals surface area contributed by atoms with Gasteiger partial charge in [-0.25, -0.2) is 13.4 Å². The van der Waals surface area contributed by atoms with Crippen molar-refractivity contribution in [2.75, 3.05) is 5.75 Å². The summed E-state index contributed by atoms with van der Waals surface area (Å²) in [7, 11) is -3.53. The minimum absolute atomic E-state index is 0.0476. The molecule has 0 aliphatic heterocycles. The van der Waals surface area contributed by atoms with E-state index in [0.29, 0.717) is 5.56 Å². The van der Waals surface area contributed by atoms with Crippen molar-refractivity contribution in [2.45, 2.75) is 12.2 Å². The van der Waals surface area contributed by atoms with E-state index in [1.54, 1.807) is 6.07 Å². The first-order chi connectivity index (χ1) is 7.94. The summed E-state index contributed by atoms with van der Waals surface area (Å²) in [6.45, 7) is 0. The van der Waals surface area contributed by atoms with Crippen molar-refractivity contribution in [1.82, 2.24) is 4.98 Å². The van der Waals surface area contributed by atoms with Crippen LogP contribution in [0.5, 0.6) is 0 Å². The summed E-state index contributed by atoms with van der Waals surface area (Å²) in [5.74, 6) is -1.97. The Labute approximate surface area is 98.4 Å². The van der Waals surface area contributed by atoms with Gasteiger partial charge in [0.15, 0.2) is 9.84 Å². The van der Waals surface area contributed by atoms with E-state index in [2.05, 4.69) is 4.98 Å². The molecule has 0 atom stereocenters. The minimum atomic E-state index is -3.53. The number of carboxylic acids is 1. The smallest absolute Gasteiger partial charge is 0.304 e. The fraction of sp³-hybridized carbons (Fsp3) is 0.300. The highest BCUT2D eigenvalue weighted by molar-refractivity contribution is 7.90. The van der Waals surface area contributed by atoms with Crippen molar-refractivity contribution in [2.24, 2.45) is 0 Å². The van der Waals surface area contributed by atoms with E-state index in [-0.39, 0.29) is 11.4 Å². The second-order valence-corrected chi connectivity index (χ2v) is 5.54. The number of nitriles is 1. The van der Waals surface area contributed by atoms with E-state index in [1.807, 2.05) is 0 Å². The molecule has 0 bridgehead atoms. The Bertz CT molecular complexity index is 560. The molecule has 1 aromatic heterocycles. The van der Waals surface area contributed by atoms with Gasteiger partial charge in [0.1, 0.15) is 11.8 Å². The number of aromatic nitrogens is 1. The van der Waals surface area contributed by atoms with E-state index >= 15 is 0 Å². The van der Waals surface area contributed by atoms with Crippen molar-refractivity contribution < 1.29 is 18.3 Å². The minimum Gasteiger partial charge on any atom is -0.481 e. The molecule has 90 valence electrons. The first kappa shape index (κ1) is 13.1. The summed E-state index contributed by atoms with van der Waals surface area (Å²) < 4.78 is 23.1. The third-order valence-electron chi connectivity index (χ3n) is 2.00. The van der Waals surface area contributed by atoms with Gasteiger partial charge in [-0.2, -0.15) is 5.26 Å². The van der Waals surface area contributed by atoms with Gasteiger partial charge < -0.3 is 5.11 Å². The Morgan fingerprint density at radius 1 is 1.53 bits per heavy atom. The summed E-state index contributed by atoms with van der Waals surface area (Å²) in [6.07, 6.45) is 0.955. The number of hydrogen-bond donors (Lipinski definition) is 1. The Hall–Kier alpha value is -1.94. The van der Waals surface area contributed by atoms with Crippen molar-refractivity contribution in [3.8, 4) is 6.07 Å². The van der Waals surface area contributed by atoms with E-state index < -0.39 is 28.0 Å². The van der Waals surface area contributed by atoms with Gasteiger partial charge in [0.25, 0.3) is 0 Å². The zero-order chi connectivity index (χ0) is 12.9. The van der Waals surface area contributed by atoms with E-state index in [4.69, 9.17) is 10.4 Å². The summed E-state index contributed by atoms with van der Waals surface area (Å²) in [5.41, 5.74) is 0.340. The van der Waals surface area contributed by atoms with E-state index in [1.165, 1.54) is 18.3 Å². The second-order valence-electron chi connectivity index (χ2n) is 3.36. The average molecular weight is 254 g/mol. The van der Waals surface area contributed by atoms with Crippen molar-refractivity contribution in [3.63, 3.8) is 0 Å². The van der Waals surface area contributed by atoms with Crippen LogP contribution in [0.4, 0.5) is 0 Å². The van der Waals surface area contributed by atoms with E-state index in [9.17, 15) is 13.2 Å². The van der Waals surface area contributed by atoms with Gasteiger partial charge in [-0.1, -0.05) is 6.07 Å². The first-order valence-electron chi connectivity index (χ1n) is 4.71. The number of carbonyl (C=O) groups is 1. The fourth-order valence-electron chi connectivity index (χ4n) is 1.21. The van der Waals surface area contributed by atoms with Crippen LogP contribution in [-0.2, 0) is 20.4 Å². The molecule has 0 unspecified atom stereocenters. The number of carboxylic acid groups (broad SMARTS) is 1. The number of sulfone groups is 1. The summed E-state index contributed by atoms with van der Waals surface area (Å²) >= 11 is 0. The molecule has 0 aromatic carbocycles. The third-order valence-corrected chi connectivity index (χ3v) is 3.58. The Morgan fingerprint density at radius 3 is 2.82 bits per heavy atom. The van der Waals surface area contributed by atoms with Crippen LogP contribution in [-0.4, -0.2) is 30.2 Å². The molecular weight excluding hydrogens is 244 g/mol. The van der Waals surface area contributed by atoms with E-state index in [0.717, 1.165) is 0 Å². The molecule has 0 saturated heterocycles. The highest BCUT2D eigenvalue weighted by Gasteiger charge is 2.16. The number of aliphatic carboxylic acids is 1. The van der Waals surface area contributed by atoms with Gasteiger partial charge in [-0.3, -0.25) is 4.79 Å². The standard InChI is InChI=1S/C10H10N2O4S/c11-6-9-8(2-1-4-12-9)7-17(15,16)5-3-10(13)14/h1-2,4H,3,5,7H2,(H,13,14). The lowest BCUT2D eigenvalue weighted by atomic mass is 10.2. The Morgan fingerprint density at radius 2 is 2.24 bits per heavy atom. The van der Waals surface area contributed by atoms with Crippen LogP contribution in [0.1, 0.15) is 17.7 Å². The van der Waals surface area contributed by atoms with Crippen LogP contribution >= 0.6 is 0 Å². The van der Waals surface area contributed by atoms with Gasteiger partial charge in [-0.05, 0) is 6.07 Å². The lowest BCUT2D eigenvalue weighted by Crippen LogP contribution is -2.13. The molecule has 17 heavy (non-hydrogen) atoms. The van der Waals surface area contributed by atoms with Crippen molar-refractivity contribution >= 4 is 15.8 Å². The number of rotatable bonds is 5. The lowest BCUT2D eigenvalue weighted by molar-refractivity contribution is -0.136. The number of pyridine rings is 1. The first-order valence-corrected chi connectivity index (χ1v) is 6.53. The molecule has 0 aliphatic carbocycles. The molecule has 0 spiro atoms. The number of hydrogen-bond acceptors (Lipinski definition) is 5. The molecule has 0 amide bonds. The zero-order valence-electron chi connectivity index (χ0n) is 8.83. The highest BCUT2D eigenvalue weighted by atomic mass is 32.2. The molecule has 1 aromatic rings. The molecule has 1 rings (SSSR count). The molecular formula is C10H10N2O4S. The van der Waals surface area contributed by atoms with Crippen molar-refractivity contribution in [3.05, 3.63) is 29.6 Å². The normalized spacial score (nSPS) is 10.8. The quantitative estimate of drug-likeness (QED) is 0.811. The Kier molecular flexibility index (Phi) is 4.17. The Balaban J connectivity index is 2.84. The largest absolute Gasteiger partial charge is 0.481 e. The van der Waals surface area contributed by atoms with Gasteiger partial charge in [0.2, 0.25) is 0 Å². The molecule has 0 radical (unpaired) electrons. The van der Waals surface area contributed by atoms with Crippen molar-refractivity contribution in [1.29, 1.82) is 5.26 Å². The van der Waals surface area contributed by atoms with Crippen LogP contribution in [0.3, 0.4) is 0 Å². The highest BCUT2D eigenvalue weighted by Crippen LogP contribution is 2.10. The zero-order valence-corrected chi connectivity index (χ0v) is 9.64. The topological polar surface area (TPSA) is 108 Å². The molecule has 7 heteroatoms. The summed E-state index contributed by atoms with van der Waals surface area (Å²) in [6, 6.07) is 4.81. The van der Waals surface area contributed by atoms with Gasteiger partial charge >= 0.3 is 5.97 Å². The van der Waals surface area contributed by atoms with Crippen LogP contribution in [0.25, 0.3) is 0 Å². The molecule has 0 saturated carbocycles. The van der Waals surface area contributed by atoms with Gasteiger partial charge in [-0.15, -0.1) is 0 Å². The third kappa shape index (κ3) is 4.20. The average Bonchev–Trinajstić information content (AvgIpc) is 2.27. The van der Waals surface area contributed by atoms with Gasteiger partial charge in [0.05, 0.1) is 17.9 Å². The van der Waals surface area contributed by atoms with Gasteiger partial charge in [0, 0.05) is 11.8 Å². The molecule has 1 N–H and O–H groups in total. The predicted molar refractivity (Wildman–Crippen MR) is 58.7 cm³/mol. The van der Waals surface area contributed by atoms with Crippen LogP contribution in [0, 0.1) is 11.3 Å². The summed E-state index contributed by atoms with van der Waals surface area (Å²) in [4.78, 5) is 14.0. The predicted octanol–water partition coefficient (Wildman–Crippen LogP) is 0.343. The van der Waals surface area contributed by atoms with Crippen LogP contribution in [0.2, 0.25) is 0 Å². The SMILES string of the molecule is N#Cc1ncccc1CS(=O)(=O)CCC(=O)O. The maximum Gasteiger partial charge on any atom is 0.304 e. The lowest BCUT2D eigenvalue weighted by Gasteiger charge is -2.03. The second kappa shape index (κ2) is 5.41. The molecule has 1 heterocycles. The monoisotopic (exact) mass is 254 g/mol. The van der Waals surface area contributed by atoms with Crippen LogP contribution in [0.15, 0.2) is 18.3 Å². The molecule has 0 fully saturated rings. The number of nitrogens with zero attached hydrogens (tertiary/aromatic N) is 2. The molecule has 6 nitrogen and oxygen atoms in total. The molecule has 0 aliphatic rings. The van der Waals surface area contributed by atoms with Crippen LogP contribution < -0.4 is 0 Å². The fourth-order valence-corrected chi connectivity index (χ4v) is 2.54. The maximum absolute atomic E-state index is 11.6. The maximum atomic E-state index is 11.6. The summed E-state index contributed by atoms with van der Waals surface area (Å²) in [5, 5.41) is 17.1.